The van der Waals surface area contributed by atoms with Gasteiger partial charge in [0.1, 0.15) is 0 Å². The van der Waals surface area contributed by atoms with Gasteiger partial charge in [-0.3, -0.25) is 9.59 Å². The third-order valence-corrected chi connectivity index (χ3v) is 5.01. The Hall–Kier alpha value is -2.62. The molecule has 4 heteroatoms. The first kappa shape index (κ1) is 19.2. The third-order valence-electron chi connectivity index (χ3n) is 5.01. The molecule has 0 aliphatic heterocycles. The smallest absolute Gasteiger partial charge is 0.228 e. The number of nitrogens with one attached hydrogen (secondary N) is 2. The molecular weight excluding hydrogens is 336 g/mol. The van der Waals surface area contributed by atoms with Gasteiger partial charge in [0.2, 0.25) is 11.8 Å². The van der Waals surface area contributed by atoms with Gasteiger partial charge >= 0.3 is 0 Å². The Morgan fingerprint density at radius 2 is 1.56 bits per heavy atom. The van der Waals surface area contributed by atoms with Crippen LogP contribution in [-0.2, 0) is 21.4 Å². The fraction of sp³-hybridized carbons (Fsp3) is 0.391. The highest BCUT2D eigenvalue weighted by molar-refractivity contribution is 6.00. The number of para-hydroxylation sites is 1. The van der Waals surface area contributed by atoms with Crippen molar-refractivity contribution >= 4 is 17.5 Å². The van der Waals surface area contributed by atoms with Crippen LogP contribution in [0.3, 0.4) is 0 Å². The summed E-state index contributed by atoms with van der Waals surface area (Å²) in [6.07, 6.45) is 1.43. The summed E-state index contributed by atoms with van der Waals surface area (Å²) in [4.78, 5) is 24.9. The molecule has 2 atom stereocenters. The number of hydrogen-bond acceptors (Lipinski definition) is 2. The van der Waals surface area contributed by atoms with E-state index in [0.29, 0.717) is 13.0 Å². The Balaban J connectivity index is 1.50. The van der Waals surface area contributed by atoms with Gasteiger partial charge in [0.15, 0.2) is 0 Å². The molecular formula is C23H28N2O2. The van der Waals surface area contributed by atoms with Crippen molar-refractivity contribution in [2.45, 2.75) is 39.0 Å². The van der Waals surface area contributed by atoms with Crippen LogP contribution in [0.5, 0.6) is 0 Å². The second kappa shape index (κ2) is 7.95. The van der Waals surface area contributed by atoms with Crippen LogP contribution in [0.1, 0.15) is 38.3 Å². The zero-order valence-electron chi connectivity index (χ0n) is 16.3. The molecule has 2 amide bonds. The summed E-state index contributed by atoms with van der Waals surface area (Å²) in [6.45, 7) is 6.97. The standard InChI is InChI=1S/C23H28N2O2/c1-23(2,3)19-11-7-8-12-20(19)25-22(27)18-15-17(18)21(26)24-14-13-16-9-5-4-6-10-16/h4-12,17-18H,13-15H2,1-3H3,(H,24,26)(H,25,27). The topological polar surface area (TPSA) is 58.2 Å². The van der Waals surface area contributed by atoms with E-state index in [4.69, 9.17) is 0 Å². The average Bonchev–Trinajstić information content (AvgIpc) is 3.43. The second-order valence-electron chi connectivity index (χ2n) is 8.26. The number of benzene rings is 2. The predicted octanol–water partition coefficient (Wildman–Crippen LogP) is 3.92. The lowest BCUT2D eigenvalue weighted by atomic mass is 9.86. The summed E-state index contributed by atoms with van der Waals surface area (Å²) in [5.74, 6) is -0.512. The first-order valence-electron chi connectivity index (χ1n) is 9.58. The van der Waals surface area contributed by atoms with E-state index >= 15 is 0 Å². The van der Waals surface area contributed by atoms with Crippen molar-refractivity contribution in [1.29, 1.82) is 0 Å². The SMILES string of the molecule is CC(C)(C)c1ccccc1NC(=O)C1CC1C(=O)NCCc1ccccc1. The molecule has 1 aliphatic rings. The molecule has 0 aromatic heterocycles. The monoisotopic (exact) mass is 364 g/mol. The van der Waals surface area contributed by atoms with Crippen LogP contribution in [0.4, 0.5) is 5.69 Å². The van der Waals surface area contributed by atoms with Crippen molar-refractivity contribution in [3.05, 3.63) is 65.7 Å². The van der Waals surface area contributed by atoms with Gasteiger partial charge in [0.25, 0.3) is 0 Å². The molecule has 2 aromatic rings. The quantitative estimate of drug-likeness (QED) is 0.816. The molecule has 3 rings (SSSR count). The van der Waals surface area contributed by atoms with Crippen LogP contribution in [0.2, 0.25) is 0 Å². The minimum absolute atomic E-state index is 0.0183. The van der Waals surface area contributed by atoms with Gasteiger partial charge in [-0.25, -0.2) is 0 Å². The van der Waals surface area contributed by atoms with Gasteiger partial charge in [0.05, 0.1) is 11.8 Å². The fourth-order valence-electron chi connectivity index (χ4n) is 3.35. The maximum absolute atomic E-state index is 12.6. The summed E-state index contributed by atoms with van der Waals surface area (Å²) in [5.41, 5.74) is 3.08. The number of anilines is 1. The largest absolute Gasteiger partial charge is 0.356 e. The van der Waals surface area contributed by atoms with Crippen LogP contribution >= 0.6 is 0 Å². The Kier molecular flexibility index (Phi) is 5.64. The van der Waals surface area contributed by atoms with E-state index < -0.39 is 0 Å². The number of carbonyl (C=O) groups excluding carboxylic acids is 2. The van der Waals surface area contributed by atoms with E-state index in [0.717, 1.165) is 17.7 Å². The minimum Gasteiger partial charge on any atom is -0.356 e. The lowest BCUT2D eigenvalue weighted by Crippen LogP contribution is -2.29. The fourth-order valence-corrected chi connectivity index (χ4v) is 3.35. The second-order valence-corrected chi connectivity index (χ2v) is 8.26. The van der Waals surface area contributed by atoms with Crippen LogP contribution in [0, 0.1) is 11.8 Å². The van der Waals surface area contributed by atoms with Crippen molar-refractivity contribution in [2.24, 2.45) is 11.8 Å². The van der Waals surface area contributed by atoms with Crippen molar-refractivity contribution < 1.29 is 9.59 Å². The highest BCUT2D eigenvalue weighted by atomic mass is 16.2. The summed E-state index contributed by atoms with van der Waals surface area (Å²) < 4.78 is 0. The average molecular weight is 364 g/mol. The van der Waals surface area contributed by atoms with Gasteiger partial charge in [-0.2, -0.15) is 0 Å². The predicted molar refractivity (Wildman–Crippen MR) is 109 cm³/mol. The molecule has 4 nitrogen and oxygen atoms in total. The van der Waals surface area contributed by atoms with E-state index in [1.54, 1.807) is 0 Å². The van der Waals surface area contributed by atoms with Gasteiger partial charge in [0, 0.05) is 12.2 Å². The molecule has 0 heterocycles. The Bertz CT molecular complexity index is 809. The lowest BCUT2D eigenvalue weighted by molar-refractivity contribution is -0.125. The molecule has 27 heavy (non-hydrogen) atoms. The Morgan fingerprint density at radius 3 is 2.26 bits per heavy atom. The minimum atomic E-state index is -0.227. The normalized spacial score (nSPS) is 18.6. The molecule has 142 valence electrons. The van der Waals surface area contributed by atoms with E-state index in [1.165, 1.54) is 5.56 Å². The molecule has 2 unspecified atom stereocenters. The number of rotatable bonds is 6. The number of carbonyl (C=O) groups is 2. The number of hydrogen-bond donors (Lipinski definition) is 2. The van der Waals surface area contributed by atoms with Gasteiger partial charge < -0.3 is 10.6 Å². The maximum atomic E-state index is 12.6. The van der Waals surface area contributed by atoms with Crippen molar-refractivity contribution in [3.8, 4) is 0 Å². The third kappa shape index (κ3) is 4.97. The van der Waals surface area contributed by atoms with Crippen molar-refractivity contribution in [1.82, 2.24) is 5.32 Å². The zero-order valence-corrected chi connectivity index (χ0v) is 16.3. The molecule has 0 radical (unpaired) electrons. The Morgan fingerprint density at radius 1 is 0.926 bits per heavy atom. The molecule has 2 aromatic carbocycles. The molecule has 1 fully saturated rings. The highest BCUT2D eigenvalue weighted by Crippen LogP contribution is 2.40. The molecule has 2 N–H and O–H groups in total. The van der Waals surface area contributed by atoms with E-state index in [-0.39, 0.29) is 29.1 Å². The van der Waals surface area contributed by atoms with Gasteiger partial charge in [-0.05, 0) is 35.4 Å². The highest BCUT2D eigenvalue weighted by Gasteiger charge is 2.48. The molecule has 0 bridgehead atoms. The van der Waals surface area contributed by atoms with Crippen LogP contribution in [0.15, 0.2) is 54.6 Å². The van der Waals surface area contributed by atoms with E-state index in [2.05, 4.69) is 31.4 Å². The van der Waals surface area contributed by atoms with Crippen LogP contribution < -0.4 is 10.6 Å². The first-order valence-corrected chi connectivity index (χ1v) is 9.58. The van der Waals surface area contributed by atoms with E-state index in [9.17, 15) is 9.59 Å². The van der Waals surface area contributed by atoms with Crippen LogP contribution in [0.25, 0.3) is 0 Å². The summed E-state index contributed by atoms with van der Waals surface area (Å²) in [6, 6.07) is 17.9. The van der Waals surface area contributed by atoms with E-state index in [1.807, 2.05) is 54.6 Å². The van der Waals surface area contributed by atoms with Crippen molar-refractivity contribution in [3.63, 3.8) is 0 Å². The summed E-state index contributed by atoms with van der Waals surface area (Å²) in [5, 5.41) is 5.99. The molecule has 1 saturated carbocycles. The first-order chi connectivity index (χ1) is 12.9. The number of amides is 2. The van der Waals surface area contributed by atoms with Crippen molar-refractivity contribution in [2.75, 3.05) is 11.9 Å². The maximum Gasteiger partial charge on any atom is 0.228 e. The molecule has 0 spiro atoms. The molecule has 0 saturated heterocycles. The lowest BCUT2D eigenvalue weighted by Gasteiger charge is -2.23. The van der Waals surface area contributed by atoms with Crippen LogP contribution in [-0.4, -0.2) is 18.4 Å². The zero-order chi connectivity index (χ0) is 19.4. The van der Waals surface area contributed by atoms with Gasteiger partial charge in [-0.15, -0.1) is 0 Å². The molecule has 1 aliphatic carbocycles. The van der Waals surface area contributed by atoms with Gasteiger partial charge in [-0.1, -0.05) is 69.3 Å². The summed E-state index contributed by atoms with van der Waals surface area (Å²) in [7, 11) is 0. The Labute approximate surface area is 161 Å². The summed E-state index contributed by atoms with van der Waals surface area (Å²) >= 11 is 0.